The number of hydrogen-bond acceptors (Lipinski definition) is 6. The van der Waals surface area contributed by atoms with Crippen molar-refractivity contribution in [2.24, 2.45) is 5.73 Å². The Hall–Kier alpha value is -3.95. The minimum Gasteiger partial charge on any atom is -0.475 e. The molecule has 2 unspecified atom stereocenters. The minimum atomic E-state index is -4.66. The molecule has 6 nitrogen and oxygen atoms in total. The number of benzene rings is 2. The molecule has 0 bridgehead atoms. The Morgan fingerprint density at radius 2 is 1.59 bits per heavy atom. The van der Waals surface area contributed by atoms with Crippen LogP contribution in [0.3, 0.4) is 0 Å². The van der Waals surface area contributed by atoms with E-state index < -0.39 is 29.8 Å². The van der Waals surface area contributed by atoms with E-state index in [9.17, 15) is 18.3 Å². The molecule has 0 aliphatic rings. The third kappa shape index (κ3) is 6.63. The number of aliphatic hydroxyl groups excluding tert-OH is 1. The van der Waals surface area contributed by atoms with Gasteiger partial charge in [-0.25, -0.2) is 9.97 Å². The lowest BCUT2D eigenvalue weighted by Gasteiger charge is -2.18. The molecule has 0 fully saturated rings. The van der Waals surface area contributed by atoms with Crippen LogP contribution in [-0.2, 0) is 6.18 Å². The molecule has 0 saturated carbocycles. The average molecular weight is 510 g/mol. The maximum atomic E-state index is 13.6. The SMILES string of the molecule is Cc1cccnc1OCC(O)c1cccc(-c2ccc(C(F)(F)F)c(OCC(N)c3ccccc3)n2)c1. The summed E-state index contributed by atoms with van der Waals surface area (Å²) in [6, 6.07) is 20.9. The van der Waals surface area contributed by atoms with Crippen molar-refractivity contribution in [2.75, 3.05) is 13.2 Å². The number of alkyl halides is 3. The largest absolute Gasteiger partial charge is 0.475 e. The predicted molar refractivity (Wildman–Crippen MR) is 133 cm³/mol. The molecule has 192 valence electrons. The van der Waals surface area contributed by atoms with Crippen molar-refractivity contribution >= 4 is 0 Å². The van der Waals surface area contributed by atoms with Gasteiger partial charge < -0.3 is 20.3 Å². The maximum Gasteiger partial charge on any atom is 0.421 e. The first kappa shape index (κ1) is 26.1. The molecule has 3 N–H and O–H groups in total. The Labute approximate surface area is 212 Å². The molecule has 0 spiro atoms. The Kier molecular flexibility index (Phi) is 8.05. The summed E-state index contributed by atoms with van der Waals surface area (Å²) < 4.78 is 52.1. The van der Waals surface area contributed by atoms with Crippen molar-refractivity contribution in [3.05, 3.63) is 107 Å². The number of aromatic nitrogens is 2. The van der Waals surface area contributed by atoms with E-state index in [4.69, 9.17) is 15.2 Å². The van der Waals surface area contributed by atoms with Crippen LogP contribution in [0.2, 0.25) is 0 Å². The average Bonchev–Trinajstić information content (AvgIpc) is 2.91. The number of pyridine rings is 2. The highest BCUT2D eigenvalue weighted by Crippen LogP contribution is 2.37. The van der Waals surface area contributed by atoms with E-state index in [1.807, 2.05) is 19.1 Å². The van der Waals surface area contributed by atoms with Gasteiger partial charge in [-0.3, -0.25) is 0 Å². The van der Waals surface area contributed by atoms with E-state index in [1.54, 1.807) is 60.8 Å². The number of aryl methyl sites for hydroxylation is 1. The van der Waals surface area contributed by atoms with Gasteiger partial charge in [0.05, 0.1) is 11.7 Å². The van der Waals surface area contributed by atoms with Crippen LogP contribution < -0.4 is 15.2 Å². The van der Waals surface area contributed by atoms with E-state index in [0.29, 0.717) is 17.0 Å². The molecule has 0 saturated heterocycles. The maximum absolute atomic E-state index is 13.6. The summed E-state index contributed by atoms with van der Waals surface area (Å²) in [7, 11) is 0. The van der Waals surface area contributed by atoms with Gasteiger partial charge >= 0.3 is 6.18 Å². The summed E-state index contributed by atoms with van der Waals surface area (Å²) in [6.07, 6.45) is -4.05. The van der Waals surface area contributed by atoms with Crippen molar-refractivity contribution < 1.29 is 27.8 Å². The summed E-state index contributed by atoms with van der Waals surface area (Å²) in [4.78, 5) is 8.30. The number of ether oxygens (including phenoxy) is 2. The summed E-state index contributed by atoms with van der Waals surface area (Å²) in [5.74, 6) is -0.145. The molecule has 0 aliphatic carbocycles. The quantitative estimate of drug-likeness (QED) is 0.303. The standard InChI is InChI=1S/C28H26F3N3O3/c1-18-7-6-14-33-26(18)37-17-25(35)21-11-5-10-20(15-21)24-13-12-22(28(29,30)31)27(34-24)36-16-23(32)19-8-3-2-4-9-19/h2-15,23,25,35H,16-17,32H2,1H3. The Morgan fingerprint density at radius 3 is 2.32 bits per heavy atom. The van der Waals surface area contributed by atoms with Gasteiger partial charge in [0.1, 0.15) is 24.9 Å². The van der Waals surface area contributed by atoms with Crippen LogP contribution in [0, 0.1) is 6.92 Å². The summed E-state index contributed by atoms with van der Waals surface area (Å²) >= 11 is 0. The topological polar surface area (TPSA) is 90.5 Å². The molecule has 2 aromatic heterocycles. The van der Waals surface area contributed by atoms with Crippen LogP contribution in [-0.4, -0.2) is 28.3 Å². The Bertz CT molecular complexity index is 1330. The van der Waals surface area contributed by atoms with Crippen molar-refractivity contribution in [3.63, 3.8) is 0 Å². The van der Waals surface area contributed by atoms with Gasteiger partial charge in [0.2, 0.25) is 11.8 Å². The molecule has 4 rings (SSSR count). The molecule has 4 aromatic rings. The fourth-order valence-electron chi connectivity index (χ4n) is 3.67. The van der Waals surface area contributed by atoms with E-state index >= 15 is 0 Å². The molecule has 2 aromatic carbocycles. The first-order valence-electron chi connectivity index (χ1n) is 11.6. The van der Waals surface area contributed by atoms with Crippen molar-refractivity contribution in [3.8, 4) is 23.0 Å². The molecule has 37 heavy (non-hydrogen) atoms. The highest BCUT2D eigenvalue weighted by atomic mass is 19.4. The molecule has 0 aliphatic heterocycles. The second-order valence-electron chi connectivity index (χ2n) is 8.45. The van der Waals surface area contributed by atoms with Gasteiger partial charge in [-0.15, -0.1) is 0 Å². The number of nitrogens with two attached hydrogens (primary N) is 1. The predicted octanol–water partition coefficient (Wildman–Crippen LogP) is 5.66. The molecule has 2 heterocycles. The van der Waals surface area contributed by atoms with Crippen LogP contribution in [0.1, 0.15) is 34.4 Å². The van der Waals surface area contributed by atoms with Crippen molar-refractivity contribution in [2.45, 2.75) is 25.2 Å². The molecule has 9 heteroatoms. The third-order valence-electron chi connectivity index (χ3n) is 5.70. The fourth-order valence-corrected chi connectivity index (χ4v) is 3.67. The molecular formula is C28H26F3N3O3. The van der Waals surface area contributed by atoms with Crippen molar-refractivity contribution in [1.82, 2.24) is 9.97 Å². The van der Waals surface area contributed by atoms with E-state index in [-0.39, 0.29) is 18.9 Å². The van der Waals surface area contributed by atoms with Gasteiger partial charge in [0, 0.05) is 17.3 Å². The molecule has 0 amide bonds. The summed E-state index contributed by atoms with van der Waals surface area (Å²) in [5.41, 5.74) is 7.96. The first-order valence-corrected chi connectivity index (χ1v) is 11.6. The number of nitrogens with zero attached hydrogens (tertiary/aromatic N) is 2. The molecule has 2 atom stereocenters. The highest BCUT2D eigenvalue weighted by molar-refractivity contribution is 5.61. The molecular weight excluding hydrogens is 483 g/mol. The fraction of sp³-hybridized carbons (Fsp3) is 0.214. The first-order chi connectivity index (χ1) is 17.7. The number of rotatable bonds is 9. The second kappa shape index (κ2) is 11.4. The normalized spacial score (nSPS) is 13.1. The van der Waals surface area contributed by atoms with Gasteiger partial charge in [-0.2, -0.15) is 13.2 Å². The van der Waals surface area contributed by atoms with Crippen LogP contribution >= 0.6 is 0 Å². The van der Waals surface area contributed by atoms with Crippen LogP contribution in [0.25, 0.3) is 11.3 Å². The van der Waals surface area contributed by atoms with Crippen LogP contribution in [0.4, 0.5) is 13.2 Å². The van der Waals surface area contributed by atoms with E-state index in [1.165, 1.54) is 6.07 Å². The molecule has 0 radical (unpaired) electrons. The minimum absolute atomic E-state index is 0.0481. The Morgan fingerprint density at radius 1 is 0.865 bits per heavy atom. The zero-order valence-electron chi connectivity index (χ0n) is 20.0. The van der Waals surface area contributed by atoms with Gasteiger partial charge in [0.25, 0.3) is 0 Å². The number of hydrogen-bond donors (Lipinski definition) is 2. The van der Waals surface area contributed by atoms with E-state index in [0.717, 1.165) is 17.2 Å². The van der Waals surface area contributed by atoms with Crippen molar-refractivity contribution in [1.29, 1.82) is 0 Å². The monoisotopic (exact) mass is 509 g/mol. The lowest BCUT2D eigenvalue weighted by atomic mass is 10.0. The second-order valence-corrected chi connectivity index (χ2v) is 8.45. The zero-order valence-corrected chi connectivity index (χ0v) is 20.0. The van der Waals surface area contributed by atoms with Crippen LogP contribution in [0.15, 0.2) is 85.1 Å². The smallest absolute Gasteiger partial charge is 0.421 e. The number of aliphatic hydroxyl groups is 1. The highest BCUT2D eigenvalue weighted by Gasteiger charge is 2.35. The van der Waals surface area contributed by atoms with Crippen LogP contribution in [0.5, 0.6) is 11.8 Å². The lowest BCUT2D eigenvalue weighted by molar-refractivity contribution is -0.139. The van der Waals surface area contributed by atoms with Gasteiger partial charge in [0.15, 0.2) is 0 Å². The number of halogens is 3. The van der Waals surface area contributed by atoms with E-state index in [2.05, 4.69) is 9.97 Å². The third-order valence-corrected chi connectivity index (χ3v) is 5.70. The van der Waals surface area contributed by atoms with Gasteiger partial charge in [-0.05, 0) is 42.3 Å². The summed E-state index contributed by atoms with van der Waals surface area (Å²) in [5, 5.41) is 10.6. The zero-order chi connectivity index (χ0) is 26.4. The lowest BCUT2D eigenvalue weighted by Crippen LogP contribution is -2.21. The summed E-state index contributed by atoms with van der Waals surface area (Å²) in [6.45, 7) is 1.61. The Balaban J connectivity index is 1.54. The van der Waals surface area contributed by atoms with Gasteiger partial charge in [-0.1, -0.05) is 54.6 Å².